The minimum atomic E-state index is -0.246. The molecular weight excluding hydrogens is 242 g/mol. The highest BCUT2D eigenvalue weighted by atomic mass is 16.3. The molecule has 0 fully saturated rings. The first-order chi connectivity index (χ1) is 9.04. The zero-order valence-corrected chi connectivity index (χ0v) is 11.9. The van der Waals surface area contributed by atoms with Gasteiger partial charge in [-0.25, -0.2) is 4.79 Å². The third kappa shape index (κ3) is 5.07. The maximum Gasteiger partial charge on any atom is 0.319 e. The summed E-state index contributed by atoms with van der Waals surface area (Å²) in [4.78, 5) is 13.6. The summed E-state index contributed by atoms with van der Waals surface area (Å²) >= 11 is 0. The van der Waals surface area contributed by atoms with Gasteiger partial charge in [-0.05, 0) is 18.6 Å². The van der Waals surface area contributed by atoms with Crippen LogP contribution in [0.15, 0.2) is 18.2 Å². The molecule has 0 atom stereocenters. The predicted molar refractivity (Wildman–Crippen MR) is 79.0 cm³/mol. The number of phenols is 1. The van der Waals surface area contributed by atoms with Crippen LogP contribution in [0.25, 0.3) is 0 Å². The van der Waals surface area contributed by atoms with E-state index in [1.807, 2.05) is 19.0 Å². The lowest BCUT2D eigenvalue weighted by Crippen LogP contribution is -2.30. The highest BCUT2D eigenvalue weighted by molar-refractivity contribution is 5.93. The highest BCUT2D eigenvalue weighted by Crippen LogP contribution is 2.28. The van der Waals surface area contributed by atoms with Gasteiger partial charge in [-0.3, -0.25) is 0 Å². The summed E-state index contributed by atoms with van der Waals surface area (Å²) < 4.78 is 0. The highest BCUT2D eigenvalue weighted by Gasteiger charge is 2.08. The van der Waals surface area contributed by atoms with Gasteiger partial charge in [-0.15, -0.1) is 0 Å². The number of rotatable bonds is 6. The van der Waals surface area contributed by atoms with Crippen molar-refractivity contribution in [3.8, 4) is 5.75 Å². The third-order valence-electron chi connectivity index (χ3n) is 2.78. The van der Waals surface area contributed by atoms with E-state index in [1.165, 1.54) is 0 Å². The maximum atomic E-state index is 11.7. The van der Waals surface area contributed by atoms with Gasteiger partial charge in [-0.2, -0.15) is 0 Å². The van der Waals surface area contributed by atoms with E-state index in [9.17, 15) is 9.90 Å². The SMILES string of the molecule is CCCCCNC(=O)Nc1cc(O)ccc1N(C)C. The minimum Gasteiger partial charge on any atom is -0.508 e. The van der Waals surface area contributed by atoms with Gasteiger partial charge in [-0.1, -0.05) is 19.8 Å². The summed E-state index contributed by atoms with van der Waals surface area (Å²) in [5, 5.41) is 15.0. The fraction of sp³-hybridized carbons (Fsp3) is 0.500. The van der Waals surface area contributed by atoms with Gasteiger partial charge >= 0.3 is 6.03 Å². The van der Waals surface area contributed by atoms with Gasteiger partial charge in [0.1, 0.15) is 5.75 Å². The second-order valence-electron chi connectivity index (χ2n) is 4.68. The predicted octanol–water partition coefficient (Wildman–Crippen LogP) is 2.77. The number of carbonyl (C=O) groups is 1. The number of nitrogens with one attached hydrogen (secondary N) is 2. The Balaban J connectivity index is 2.60. The lowest BCUT2D eigenvalue weighted by molar-refractivity contribution is 0.252. The van der Waals surface area contributed by atoms with Crippen LogP contribution in [0.2, 0.25) is 0 Å². The van der Waals surface area contributed by atoms with E-state index >= 15 is 0 Å². The molecule has 0 heterocycles. The van der Waals surface area contributed by atoms with Crippen molar-refractivity contribution >= 4 is 17.4 Å². The molecule has 1 aromatic rings. The van der Waals surface area contributed by atoms with Gasteiger partial charge < -0.3 is 20.6 Å². The number of benzene rings is 1. The molecule has 2 amide bonds. The zero-order chi connectivity index (χ0) is 14.3. The normalized spacial score (nSPS) is 10.1. The van der Waals surface area contributed by atoms with Crippen molar-refractivity contribution < 1.29 is 9.90 Å². The second kappa shape index (κ2) is 7.51. The van der Waals surface area contributed by atoms with Crippen LogP contribution in [0.4, 0.5) is 16.2 Å². The summed E-state index contributed by atoms with van der Waals surface area (Å²) in [6.45, 7) is 2.78. The lowest BCUT2D eigenvalue weighted by atomic mass is 10.2. The summed E-state index contributed by atoms with van der Waals surface area (Å²) in [7, 11) is 3.77. The van der Waals surface area contributed by atoms with Gasteiger partial charge in [0, 0.05) is 26.7 Å². The molecule has 0 aliphatic rings. The smallest absolute Gasteiger partial charge is 0.319 e. The first-order valence-electron chi connectivity index (χ1n) is 6.59. The van der Waals surface area contributed by atoms with Crippen LogP contribution in [0.5, 0.6) is 5.75 Å². The van der Waals surface area contributed by atoms with Crippen molar-refractivity contribution in [3.05, 3.63) is 18.2 Å². The molecular formula is C14H23N3O2. The van der Waals surface area contributed by atoms with E-state index in [4.69, 9.17) is 0 Å². The van der Waals surface area contributed by atoms with Crippen molar-refractivity contribution in [2.24, 2.45) is 0 Å². The van der Waals surface area contributed by atoms with Gasteiger partial charge in [0.05, 0.1) is 11.4 Å². The van der Waals surface area contributed by atoms with Crippen LogP contribution < -0.4 is 15.5 Å². The number of anilines is 2. The Kier molecular flexibility index (Phi) is 5.99. The molecule has 106 valence electrons. The monoisotopic (exact) mass is 265 g/mol. The first kappa shape index (κ1) is 15.1. The number of carbonyl (C=O) groups excluding carboxylic acids is 1. The van der Waals surface area contributed by atoms with E-state index in [0.29, 0.717) is 12.2 Å². The van der Waals surface area contributed by atoms with E-state index < -0.39 is 0 Å². The molecule has 0 saturated carbocycles. The molecule has 0 unspecified atom stereocenters. The van der Waals surface area contributed by atoms with E-state index in [1.54, 1.807) is 18.2 Å². The van der Waals surface area contributed by atoms with Gasteiger partial charge in [0.2, 0.25) is 0 Å². The number of hydrogen-bond donors (Lipinski definition) is 3. The molecule has 0 saturated heterocycles. The van der Waals surface area contributed by atoms with Gasteiger partial charge in [0.25, 0.3) is 0 Å². The molecule has 0 bridgehead atoms. The van der Waals surface area contributed by atoms with E-state index in [-0.39, 0.29) is 11.8 Å². The zero-order valence-electron chi connectivity index (χ0n) is 11.9. The Hall–Kier alpha value is -1.91. The number of phenolic OH excluding ortho intramolecular Hbond substituents is 1. The number of urea groups is 1. The van der Waals surface area contributed by atoms with Crippen molar-refractivity contribution in [1.82, 2.24) is 5.32 Å². The number of nitrogens with zero attached hydrogens (tertiary/aromatic N) is 1. The molecule has 0 radical (unpaired) electrons. The molecule has 0 spiro atoms. The molecule has 1 rings (SSSR count). The molecule has 5 heteroatoms. The summed E-state index contributed by atoms with van der Waals surface area (Å²) in [5.74, 6) is 0.131. The quantitative estimate of drug-likeness (QED) is 0.693. The average Bonchev–Trinajstić information content (AvgIpc) is 2.34. The molecule has 0 aliphatic heterocycles. The van der Waals surface area contributed by atoms with Crippen molar-refractivity contribution in [1.29, 1.82) is 0 Å². The molecule has 1 aromatic carbocycles. The first-order valence-corrected chi connectivity index (χ1v) is 6.59. The summed E-state index contributed by atoms with van der Waals surface area (Å²) in [6, 6.07) is 4.66. The number of aromatic hydroxyl groups is 1. The molecule has 0 aliphatic carbocycles. The van der Waals surface area contributed by atoms with E-state index in [2.05, 4.69) is 17.6 Å². The minimum absolute atomic E-state index is 0.131. The van der Waals surface area contributed by atoms with Crippen molar-refractivity contribution in [2.75, 3.05) is 30.9 Å². The van der Waals surface area contributed by atoms with Crippen LogP contribution in [0.3, 0.4) is 0 Å². The third-order valence-corrected chi connectivity index (χ3v) is 2.78. The standard InChI is InChI=1S/C14H23N3O2/c1-4-5-6-9-15-14(19)16-12-10-11(18)7-8-13(12)17(2)3/h7-8,10,18H,4-6,9H2,1-3H3,(H2,15,16,19). The Morgan fingerprint density at radius 2 is 2.05 bits per heavy atom. The largest absolute Gasteiger partial charge is 0.508 e. The molecule has 5 nitrogen and oxygen atoms in total. The Bertz CT molecular complexity index is 419. The topological polar surface area (TPSA) is 64.6 Å². The summed E-state index contributed by atoms with van der Waals surface area (Å²) in [5.41, 5.74) is 1.44. The van der Waals surface area contributed by atoms with Crippen LogP contribution in [-0.4, -0.2) is 31.8 Å². The van der Waals surface area contributed by atoms with Crippen LogP contribution in [-0.2, 0) is 0 Å². The average molecular weight is 265 g/mol. The Labute approximate surface area is 114 Å². The van der Waals surface area contributed by atoms with E-state index in [0.717, 1.165) is 24.9 Å². The number of amides is 2. The summed E-state index contributed by atoms with van der Waals surface area (Å²) in [6.07, 6.45) is 3.21. The number of hydrogen-bond acceptors (Lipinski definition) is 3. The molecule has 19 heavy (non-hydrogen) atoms. The van der Waals surface area contributed by atoms with Crippen molar-refractivity contribution in [3.63, 3.8) is 0 Å². The van der Waals surface area contributed by atoms with Crippen molar-refractivity contribution in [2.45, 2.75) is 26.2 Å². The fourth-order valence-corrected chi connectivity index (χ4v) is 1.76. The van der Waals surface area contributed by atoms with Crippen LogP contribution in [0.1, 0.15) is 26.2 Å². The van der Waals surface area contributed by atoms with Crippen LogP contribution >= 0.6 is 0 Å². The molecule has 3 N–H and O–H groups in total. The Morgan fingerprint density at radius 1 is 1.32 bits per heavy atom. The second-order valence-corrected chi connectivity index (χ2v) is 4.68. The fourth-order valence-electron chi connectivity index (χ4n) is 1.76. The van der Waals surface area contributed by atoms with Gasteiger partial charge in [0.15, 0.2) is 0 Å². The lowest BCUT2D eigenvalue weighted by Gasteiger charge is -2.18. The van der Waals surface area contributed by atoms with Crippen LogP contribution in [0, 0.1) is 0 Å². The maximum absolute atomic E-state index is 11.7. The number of unbranched alkanes of at least 4 members (excludes halogenated alkanes) is 2. The molecule has 0 aromatic heterocycles. The Morgan fingerprint density at radius 3 is 2.68 bits per heavy atom.